The smallest absolute Gasteiger partial charge is 0.318 e. The third kappa shape index (κ3) is 3.58. The van der Waals surface area contributed by atoms with E-state index in [0.29, 0.717) is 18.1 Å². The lowest BCUT2D eigenvalue weighted by atomic mass is 10.3. The maximum Gasteiger partial charge on any atom is 0.318 e. The van der Waals surface area contributed by atoms with Crippen LogP contribution in [0.15, 0.2) is 18.3 Å². The molecule has 1 aliphatic carbocycles. The van der Waals surface area contributed by atoms with E-state index in [1.165, 1.54) is 0 Å². The summed E-state index contributed by atoms with van der Waals surface area (Å²) in [6, 6.07) is 3.65. The van der Waals surface area contributed by atoms with Crippen molar-refractivity contribution in [3.63, 3.8) is 0 Å². The van der Waals surface area contributed by atoms with Crippen molar-refractivity contribution >= 4 is 17.6 Å². The summed E-state index contributed by atoms with van der Waals surface area (Å²) in [5.41, 5.74) is 0.757. The molecule has 1 saturated carbocycles. The molecule has 0 aliphatic heterocycles. The Hall–Kier alpha value is -1.33. The number of aliphatic hydroxyl groups excluding tert-OH is 1. The lowest BCUT2D eigenvalue weighted by Gasteiger charge is -2.21. The van der Waals surface area contributed by atoms with Crippen LogP contribution in [0, 0.1) is 0 Å². The van der Waals surface area contributed by atoms with Crippen LogP contribution in [0.1, 0.15) is 18.5 Å². The van der Waals surface area contributed by atoms with Crippen molar-refractivity contribution < 1.29 is 9.90 Å². The molecule has 0 atom stereocenters. The van der Waals surface area contributed by atoms with Gasteiger partial charge < -0.3 is 15.3 Å². The summed E-state index contributed by atoms with van der Waals surface area (Å²) in [6.07, 6.45) is 3.59. The molecule has 0 aromatic carbocycles. The molecule has 1 aliphatic rings. The van der Waals surface area contributed by atoms with Gasteiger partial charge >= 0.3 is 6.03 Å². The van der Waals surface area contributed by atoms with Crippen LogP contribution in [0.25, 0.3) is 0 Å². The fourth-order valence-corrected chi connectivity index (χ4v) is 1.83. The van der Waals surface area contributed by atoms with Gasteiger partial charge in [0.25, 0.3) is 0 Å². The number of halogens is 1. The molecular formula is C12H16ClN3O2. The molecule has 1 aromatic heterocycles. The summed E-state index contributed by atoms with van der Waals surface area (Å²) >= 11 is 5.73. The maximum atomic E-state index is 11.9. The van der Waals surface area contributed by atoms with Gasteiger partial charge in [0.05, 0.1) is 23.9 Å². The number of hydrogen-bond acceptors (Lipinski definition) is 3. The van der Waals surface area contributed by atoms with Gasteiger partial charge in [-0.2, -0.15) is 0 Å². The minimum atomic E-state index is -0.150. The second kappa shape index (κ2) is 6.02. The molecule has 0 spiro atoms. The standard InChI is InChI=1S/C12H16ClN3O2/c13-9-1-2-10(14-7-9)8-15-12(18)16(5-6-17)11-3-4-11/h1-2,7,11,17H,3-6,8H2,(H,15,18). The van der Waals surface area contributed by atoms with Gasteiger partial charge in [0.2, 0.25) is 0 Å². The number of hydrogen-bond donors (Lipinski definition) is 2. The van der Waals surface area contributed by atoms with Gasteiger partial charge in [0.1, 0.15) is 0 Å². The van der Waals surface area contributed by atoms with Crippen LogP contribution in [0.2, 0.25) is 5.02 Å². The summed E-state index contributed by atoms with van der Waals surface area (Å²) in [5, 5.41) is 12.3. The summed E-state index contributed by atoms with van der Waals surface area (Å²) < 4.78 is 0. The second-order valence-electron chi connectivity index (χ2n) is 4.27. The number of carbonyl (C=O) groups is 1. The van der Waals surface area contributed by atoms with Crippen molar-refractivity contribution in [3.05, 3.63) is 29.0 Å². The summed E-state index contributed by atoms with van der Waals surface area (Å²) in [5.74, 6) is 0. The van der Waals surface area contributed by atoms with E-state index in [2.05, 4.69) is 10.3 Å². The fraction of sp³-hybridized carbons (Fsp3) is 0.500. The van der Waals surface area contributed by atoms with Gasteiger partial charge in [-0.3, -0.25) is 4.98 Å². The third-order valence-corrected chi connectivity index (χ3v) is 3.02. The first-order valence-corrected chi connectivity index (χ1v) is 6.34. The zero-order valence-electron chi connectivity index (χ0n) is 9.97. The molecule has 18 heavy (non-hydrogen) atoms. The van der Waals surface area contributed by atoms with E-state index in [9.17, 15) is 4.79 Å². The van der Waals surface area contributed by atoms with Crippen LogP contribution in [0.5, 0.6) is 0 Å². The topological polar surface area (TPSA) is 65.5 Å². The molecular weight excluding hydrogens is 254 g/mol. The van der Waals surface area contributed by atoms with Crippen molar-refractivity contribution in [2.24, 2.45) is 0 Å². The number of aromatic nitrogens is 1. The van der Waals surface area contributed by atoms with E-state index < -0.39 is 0 Å². The molecule has 98 valence electrons. The Morgan fingerprint density at radius 1 is 1.56 bits per heavy atom. The molecule has 5 nitrogen and oxygen atoms in total. The number of urea groups is 1. The van der Waals surface area contributed by atoms with Crippen LogP contribution in [0.4, 0.5) is 4.79 Å². The lowest BCUT2D eigenvalue weighted by Crippen LogP contribution is -2.42. The highest BCUT2D eigenvalue weighted by Crippen LogP contribution is 2.26. The average molecular weight is 270 g/mol. The summed E-state index contributed by atoms with van der Waals surface area (Å²) in [4.78, 5) is 17.7. The number of carbonyl (C=O) groups excluding carboxylic acids is 1. The summed E-state index contributed by atoms with van der Waals surface area (Å²) in [7, 11) is 0. The van der Waals surface area contributed by atoms with Gasteiger partial charge in [-0.15, -0.1) is 0 Å². The van der Waals surface area contributed by atoms with Crippen molar-refractivity contribution in [3.8, 4) is 0 Å². The van der Waals surface area contributed by atoms with Gasteiger partial charge in [-0.1, -0.05) is 11.6 Å². The van der Waals surface area contributed by atoms with Gasteiger partial charge in [-0.05, 0) is 25.0 Å². The van der Waals surface area contributed by atoms with E-state index in [-0.39, 0.29) is 18.7 Å². The highest BCUT2D eigenvalue weighted by molar-refractivity contribution is 6.30. The highest BCUT2D eigenvalue weighted by Gasteiger charge is 2.31. The number of amides is 2. The Bertz CT molecular complexity index is 406. The Labute approximate surface area is 111 Å². The van der Waals surface area contributed by atoms with E-state index >= 15 is 0 Å². The number of nitrogens with zero attached hydrogens (tertiary/aromatic N) is 2. The highest BCUT2D eigenvalue weighted by atomic mass is 35.5. The molecule has 1 aromatic rings. The molecule has 0 saturated heterocycles. The number of pyridine rings is 1. The molecule has 1 fully saturated rings. The van der Waals surface area contributed by atoms with E-state index in [4.69, 9.17) is 16.7 Å². The van der Waals surface area contributed by atoms with Crippen LogP contribution in [-0.4, -0.2) is 40.2 Å². The van der Waals surface area contributed by atoms with Crippen LogP contribution in [-0.2, 0) is 6.54 Å². The molecule has 0 unspecified atom stereocenters. The monoisotopic (exact) mass is 269 g/mol. The molecule has 0 radical (unpaired) electrons. The predicted octanol–water partition coefficient (Wildman–Crippen LogP) is 1.40. The number of nitrogens with one attached hydrogen (secondary N) is 1. The number of aliphatic hydroxyl groups is 1. The fourth-order valence-electron chi connectivity index (χ4n) is 1.72. The molecule has 2 rings (SSSR count). The third-order valence-electron chi connectivity index (χ3n) is 2.80. The first-order chi connectivity index (χ1) is 8.70. The SMILES string of the molecule is O=C(NCc1ccc(Cl)cn1)N(CCO)C1CC1. The first-order valence-electron chi connectivity index (χ1n) is 5.96. The summed E-state index contributed by atoms with van der Waals surface area (Å²) in [6.45, 7) is 0.734. The quantitative estimate of drug-likeness (QED) is 0.849. The molecule has 6 heteroatoms. The van der Waals surface area contributed by atoms with Gasteiger partial charge in [-0.25, -0.2) is 4.79 Å². The zero-order chi connectivity index (χ0) is 13.0. The minimum absolute atomic E-state index is 0.0108. The van der Waals surface area contributed by atoms with E-state index in [0.717, 1.165) is 18.5 Å². The van der Waals surface area contributed by atoms with Crippen LogP contribution < -0.4 is 5.32 Å². The van der Waals surface area contributed by atoms with Crippen molar-refractivity contribution in [2.75, 3.05) is 13.2 Å². The van der Waals surface area contributed by atoms with Crippen molar-refractivity contribution in [1.82, 2.24) is 15.2 Å². The second-order valence-corrected chi connectivity index (χ2v) is 4.71. The average Bonchev–Trinajstić information content (AvgIpc) is 3.19. The Morgan fingerprint density at radius 3 is 2.89 bits per heavy atom. The molecule has 1 heterocycles. The number of rotatable bonds is 5. The minimum Gasteiger partial charge on any atom is -0.395 e. The van der Waals surface area contributed by atoms with Crippen LogP contribution in [0.3, 0.4) is 0 Å². The maximum absolute atomic E-state index is 11.9. The molecule has 2 amide bonds. The Balaban J connectivity index is 1.84. The van der Waals surface area contributed by atoms with Crippen molar-refractivity contribution in [2.45, 2.75) is 25.4 Å². The van der Waals surface area contributed by atoms with E-state index in [1.807, 2.05) is 0 Å². The molecule has 0 bridgehead atoms. The Morgan fingerprint density at radius 2 is 2.33 bits per heavy atom. The predicted molar refractivity (Wildman–Crippen MR) is 68.3 cm³/mol. The first kappa shape index (κ1) is 13.1. The normalized spacial score (nSPS) is 14.3. The molecule has 2 N–H and O–H groups in total. The Kier molecular flexibility index (Phi) is 4.38. The van der Waals surface area contributed by atoms with Crippen molar-refractivity contribution in [1.29, 1.82) is 0 Å². The van der Waals surface area contributed by atoms with Crippen LogP contribution >= 0.6 is 11.6 Å². The van der Waals surface area contributed by atoms with Gasteiger partial charge in [0.15, 0.2) is 0 Å². The zero-order valence-corrected chi connectivity index (χ0v) is 10.7. The van der Waals surface area contributed by atoms with E-state index in [1.54, 1.807) is 23.2 Å². The largest absolute Gasteiger partial charge is 0.395 e. The van der Waals surface area contributed by atoms with Gasteiger partial charge in [0, 0.05) is 18.8 Å². The lowest BCUT2D eigenvalue weighted by molar-refractivity contribution is 0.173.